The van der Waals surface area contributed by atoms with E-state index < -0.39 is 11.7 Å². The molecule has 0 radical (unpaired) electrons. The van der Waals surface area contributed by atoms with Crippen LogP contribution in [0.2, 0.25) is 0 Å². The van der Waals surface area contributed by atoms with Gasteiger partial charge in [-0.25, -0.2) is 0 Å². The van der Waals surface area contributed by atoms with Gasteiger partial charge in [-0.3, -0.25) is 19.2 Å². The summed E-state index contributed by atoms with van der Waals surface area (Å²) in [5.41, 5.74) is 0.848. The number of carbonyl (C=O) groups excluding carboxylic acids is 2. The van der Waals surface area contributed by atoms with Gasteiger partial charge in [-0.05, 0) is 65.9 Å². The molecule has 0 N–H and O–H groups in total. The first-order chi connectivity index (χ1) is 18.1. The Morgan fingerprint density at radius 3 is 2.45 bits per heavy atom. The molecule has 0 spiro atoms. The molecule has 10 heteroatoms. The van der Waals surface area contributed by atoms with E-state index in [9.17, 15) is 22.8 Å². The normalized spacial score (nSPS) is 14.5. The summed E-state index contributed by atoms with van der Waals surface area (Å²) in [6.07, 6.45) is 9.99. The van der Waals surface area contributed by atoms with Gasteiger partial charge in [-0.2, -0.15) is 18.3 Å². The van der Waals surface area contributed by atoms with E-state index in [1.54, 1.807) is 36.5 Å². The molecule has 202 valence electrons. The topological polar surface area (TPSA) is 55.2 Å². The van der Waals surface area contributed by atoms with Crippen molar-refractivity contribution in [2.24, 2.45) is 5.92 Å². The minimum absolute atomic E-state index is 0.0200. The molecule has 0 atom stereocenters. The highest BCUT2D eigenvalue weighted by Gasteiger charge is 2.35. The molecule has 2 aromatic carbocycles. The maximum absolute atomic E-state index is 13.3. The quantitative estimate of drug-likeness (QED) is 0.168. The Bertz CT molecular complexity index is 1320. The fourth-order valence-electron chi connectivity index (χ4n) is 3.92. The summed E-state index contributed by atoms with van der Waals surface area (Å²) in [6.45, 7) is 4.58. The molecule has 0 saturated carbocycles. The highest BCUT2D eigenvalue weighted by molar-refractivity contribution is 8.18. The van der Waals surface area contributed by atoms with Crippen LogP contribution in [0.1, 0.15) is 43.4 Å². The number of halogens is 4. The van der Waals surface area contributed by atoms with Crippen molar-refractivity contribution in [2.45, 2.75) is 39.4 Å². The van der Waals surface area contributed by atoms with Crippen molar-refractivity contribution in [1.82, 2.24) is 14.7 Å². The Hall–Kier alpha value is -3.22. The van der Waals surface area contributed by atoms with Crippen molar-refractivity contribution in [3.05, 3.63) is 70.3 Å². The highest BCUT2D eigenvalue weighted by Crippen LogP contribution is 2.34. The third-order valence-electron chi connectivity index (χ3n) is 5.64. The lowest BCUT2D eigenvalue weighted by Gasteiger charge is -2.13. The maximum Gasteiger partial charge on any atom is 0.416 e. The molecule has 3 aromatic rings. The van der Waals surface area contributed by atoms with Gasteiger partial charge in [0.25, 0.3) is 11.1 Å². The van der Waals surface area contributed by atoms with Crippen LogP contribution in [-0.4, -0.2) is 38.8 Å². The van der Waals surface area contributed by atoms with Gasteiger partial charge in [0.15, 0.2) is 0 Å². The number of imide groups is 1. The second-order valence-electron chi connectivity index (χ2n) is 8.64. The first kappa shape index (κ1) is 31.0. The lowest BCUT2D eigenvalue weighted by atomic mass is 10.1. The Kier molecular flexibility index (Phi) is 11.5. The zero-order chi connectivity index (χ0) is 28.5. The van der Waals surface area contributed by atoms with E-state index in [2.05, 4.69) is 43.4 Å². The predicted octanol–water partition coefficient (Wildman–Crippen LogP) is 7.68. The van der Waals surface area contributed by atoms with E-state index in [0.717, 1.165) is 41.6 Å². The Morgan fingerprint density at radius 2 is 1.79 bits per heavy atom. The number of amides is 2. The SMILES string of the molecule is C#C.CC(C)CCCN1C(=O)S/C(=C\c2ccc3c(cnn3Cc3ccccc3C(F)(F)F)c2)C1=O.CCl. The molecule has 1 saturated heterocycles. The van der Waals surface area contributed by atoms with Crippen LogP contribution < -0.4 is 0 Å². The molecule has 1 fully saturated rings. The Morgan fingerprint density at radius 1 is 1.11 bits per heavy atom. The largest absolute Gasteiger partial charge is 0.416 e. The van der Waals surface area contributed by atoms with Crippen molar-refractivity contribution in [1.29, 1.82) is 0 Å². The van der Waals surface area contributed by atoms with Gasteiger partial charge in [0, 0.05) is 18.3 Å². The molecule has 1 aliphatic rings. The van der Waals surface area contributed by atoms with Gasteiger partial charge < -0.3 is 0 Å². The number of alkyl halides is 4. The van der Waals surface area contributed by atoms with Crippen LogP contribution in [0.15, 0.2) is 53.6 Å². The van der Waals surface area contributed by atoms with E-state index in [1.165, 1.54) is 28.1 Å². The minimum Gasteiger partial charge on any atom is -0.268 e. The molecule has 0 bridgehead atoms. The van der Waals surface area contributed by atoms with Crippen molar-refractivity contribution in [3.8, 4) is 12.8 Å². The second-order valence-corrected chi connectivity index (χ2v) is 9.64. The third kappa shape index (κ3) is 7.65. The van der Waals surface area contributed by atoms with Crippen molar-refractivity contribution < 1.29 is 22.8 Å². The van der Waals surface area contributed by atoms with Crippen LogP contribution in [0.5, 0.6) is 0 Å². The van der Waals surface area contributed by atoms with Crippen LogP contribution >= 0.6 is 23.4 Å². The molecule has 2 heterocycles. The van der Waals surface area contributed by atoms with Gasteiger partial charge in [-0.15, -0.1) is 24.4 Å². The zero-order valence-electron chi connectivity index (χ0n) is 21.3. The van der Waals surface area contributed by atoms with Gasteiger partial charge in [0.2, 0.25) is 0 Å². The van der Waals surface area contributed by atoms with E-state index >= 15 is 0 Å². The highest BCUT2D eigenvalue weighted by atomic mass is 35.5. The number of terminal acetylenes is 1. The first-order valence-corrected chi connectivity index (χ1v) is 13.3. The lowest BCUT2D eigenvalue weighted by molar-refractivity contribution is -0.138. The summed E-state index contributed by atoms with van der Waals surface area (Å²) in [5.74, 6) is 0.211. The van der Waals surface area contributed by atoms with Crippen molar-refractivity contribution in [2.75, 3.05) is 12.9 Å². The lowest BCUT2D eigenvalue weighted by Crippen LogP contribution is -2.29. The van der Waals surface area contributed by atoms with E-state index in [0.29, 0.717) is 22.9 Å². The van der Waals surface area contributed by atoms with Crippen LogP contribution in [0.25, 0.3) is 17.0 Å². The fourth-order valence-corrected chi connectivity index (χ4v) is 4.78. The second kappa shape index (κ2) is 14.1. The first-order valence-electron chi connectivity index (χ1n) is 11.7. The molecule has 38 heavy (non-hydrogen) atoms. The van der Waals surface area contributed by atoms with E-state index in [-0.39, 0.29) is 23.3 Å². The summed E-state index contributed by atoms with van der Waals surface area (Å²) in [6, 6.07) is 10.8. The third-order valence-corrected chi connectivity index (χ3v) is 6.55. The number of hydrogen-bond acceptors (Lipinski definition) is 4. The molecule has 0 unspecified atom stereocenters. The average molecular weight is 564 g/mol. The fraction of sp³-hybridized carbons (Fsp3) is 0.321. The van der Waals surface area contributed by atoms with E-state index in [4.69, 9.17) is 0 Å². The van der Waals surface area contributed by atoms with Crippen LogP contribution in [0.3, 0.4) is 0 Å². The number of fused-ring (bicyclic) bond motifs is 1. The Balaban J connectivity index is 0.00000121. The summed E-state index contributed by atoms with van der Waals surface area (Å²) in [4.78, 5) is 26.6. The number of rotatable bonds is 7. The van der Waals surface area contributed by atoms with Gasteiger partial charge in [-0.1, -0.05) is 38.1 Å². The predicted molar refractivity (Wildman–Crippen MR) is 149 cm³/mol. The molecular formula is C28H29ClF3N3O2S. The number of carbonyl (C=O) groups is 2. The number of thioether (sulfide) groups is 1. The van der Waals surface area contributed by atoms with Gasteiger partial charge in [0.1, 0.15) is 0 Å². The molecule has 4 rings (SSSR count). The van der Waals surface area contributed by atoms with Gasteiger partial charge >= 0.3 is 6.18 Å². The van der Waals surface area contributed by atoms with E-state index in [1.807, 2.05) is 0 Å². The van der Waals surface area contributed by atoms with Crippen LogP contribution in [0.4, 0.5) is 18.0 Å². The Labute approximate surface area is 230 Å². The summed E-state index contributed by atoms with van der Waals surface area (Å²) in [5, 5.41) is 4.73. The van der Waals surface area contributed by atoms with Crippen molar-refractivity contribution >= 4 is 51.5 Å². The summed E-state index contributed by atoms with van der Waals surface area (Å²) in [7, 11) is 0. The summed E-state index contributed by atoms with van der Waals surface area (Å²) < 4.78 is 41.5. The monoisotopic (exact) mass is 563 g/mol. The zero-order valence-corrected chi connectivity index (χ0v) is 22.9. The van der Waals surface area contributed by atoms with Crippen LogP contribution in [0, 0.1) is 18.8 Å². The van der Waals surface area contributed by atoms with Crippen molar-refractivity contribution in [3.63, 3.8) is 0 Å². The average Bonchev–Trinajstić information content (AvgIpc) is 3.41. The molecular weight excluding hydrogens is 535 g/mol. The standard InChI is InChI=1S/C25H24F3N3O2S.C2H2.CH3Cl/c1-16(2)6-5-11-30-23(32)22(34-24(30)33)13-17-9-10-21-19(12-17)14-29-31(21)15-18-7-3-4-8-20(18)25(26,27)28;2*1-2/h3-4,7-10,12-14,16H,5-6,11,15H2,1-2H3;1-2H;1H3/b22-13-;;. The summed E-state index contributed by atoms with van der Waals surface area (Å²) >= 11 is 5.56. The molecule has 0 aliphatic carbocycles. The number of benzene rings is 2. The number of aromatic nitrogens is 2. The van der Waals surface area contributed by atoms with Crippen LogP contribution in [-0.2, 0) is 17.5 Å². The number of nitrogens with zero attached hydrogens (tertiary/aromatic N) is 3. The molecule has 2 amide bonds. The smallest absolute Gasteiger partial charge is 0.268 e. The molecule has 5 nitrogen and oxygen atoms in total. The molecule has 1 aromatic heterocycles. The maximum atomic E-state index is 13.3. The van der Waals surface area contributed by atoms with Gasteiger partial charge in [0.05, 0.1) is 28.7 Å². The minimum atomic E-state index is -4.44. The number of hydrogen-bond donors (Lipinski definition) is 0. The molecule has 1 aliphatic heterocycles.